The van der Waals surface area contributed by atoms with Crippen molar-refractivity contribution in [1.29, 1.82) is 0 Å². The van der Waals surface area contributed by atoms with E-state index in [0.717, 1.165) is 11.8 Å². The first kappa shape index (κ1) is 12.2. The van der Waals surface area contributed by atoms with Gasteiger partial charge in [0.1, 0.15) is 0 Å². The van der Waals surface area contributed by atoms with Crippen molar-refractivity contribution in [2.45, 2.75) is 6.92 Å². The van der Waals surface area contributed by atoms with Crippen LogP contribution in [-0.2, 0) is 4.79 Å². The lowest BCUT2D eigenvalue weighted by Crippen LogP contribution is -1.99. The molecular formula is C15H15NO2. The standard InChI is InChI=1S/C15H15NO2/c1-11-4-5-13-10-14(7-6-12(13)9-11)16-8-2-3-15(17)18/h2-7,9-10,16H,8H2,1H3,(H,17,18)/b3-2+. The van der Waals surface area contributed by atoms with Crippen LogP contribution in [0.25, 0.3) is 10.8 Å². The summed E-state index contributed by atoms with van der Waals surface area (Å²) in [5.74, 6) is -0.925. The van der Waals surface area contributed by atoms with Crippen molar-refractivity contribution in [3.63, 3.8) is 0 Å². The molecule has 92 valence electrons. The summed E-state index contributed by atoms with van der Waals surface area (Å²) in [5, 5.41) is 14.0. The highest BCUT2D eigenvalue weighted by Gasteiger charge is 1.96. The highest BCUT2D eigenvalue weighted by molar-refractivity contribution is 5.86. The zero-order chi connectivity index (χ0) is 13.0. The zero-order valence-corrected chi connectivity index (χ0v) is 10.2. The molecule has 0 spiro atoms. The van der Waals surface area contributed by atoms with E-state index in [2.05, 4.69) is 42.6 Å². The number of aliphatic carboxylic acids is 1. The molecule has 0 unspecified atom stereocenters. The number of hydrogen-bond acceptors (Lipinski definition) is 2. The number of fused-ring (bicyclic) bond motifs is 1. The van der Waals surface area contributed by atoms with Crippen LogP contribution in [0.2, 0.25) is 0 Å². The molecule has 0 aliphatic rings. The summed E-state index contributed by atoms with van der Waals surface area (Å²) in [6, 6.07) is 12.4. The Labute approximate surface area is 106 Å². The van der Waals surface area contributed by atoms with Crippen LogP contribution >= 0.6 is 0 Å². The minimum Gasteiger partial charge on any atom is -0.478 e. The van der Waals surface area contributed by atoms with Crippen molar-refractivity contribution >= 4 is 22.4 Å². The lowest BCUT2D eigenvalue weighted by atomic mass is 10.1. The van der Waals surface area contributed by atoms with E-state index in [9.17, 15) is 4.79 Å². The molecule has 2 aromatic rings. The minimum atomic E-state index is -0.925. The van der Waals surface area contributed by atoms with E-state index in [-0.39, 0.29) is 0 Å². The summed E-state index contributed by atoms with van der Waals surface area (Å²) in [4.78, 5) is 10.3. The van der Waals surface area contributed by atoms with Crippen LogP contribution in [0, 0.1) is 6.92 Å². The van der Waals surface area contributed by atoms with Gasteiger partial charge in [-0.05, 0) is 29.8 Å². The Kier molecular flexibility index (Phi) is 3.63. The second kappa shape index (κ2) is 5.36. The van der Waals surface area contributed by atoms with Gasteiger partial charge >= 0.3 is 5.97 Å². The summed E-state index contributed by atoms with van der Waals surface area (Å²) in [7, 11) is 0. The van der Waals surface area contributed by atoms with Gasteiger partial charge in [-0.2, -0.15) is 0 Å². The maximum absolute atomic E-state index is 10.3. The van der Waals surface area contributed by atoms with E-state index in [1.807, 2.05) is 6.07 Å². The number of hydrogen-bond donors (Lipinski definition) is 2. The fourth-order valence-corrected chi connectivity index (χ4v) is 1.81. The summed E-state index contributed by atoms with van der Waals surface area (Å²) in [6.07, 6.45) is 2.72. The van der Waals surface area contributed by atoms with Gasteiger partial charge in [0.25, 0.3) is 0 Å². The van der Waals surface area contributed by atoms with Gasteiger partial charge < -0.3 is 10.4 Å². The van der Waals surface area contributed by atoms with Crippen molar-refractivity contribution in [2.75, 3.05) is 11.9 Å². The molecule has 2 rings (SSSR count). The number of carboxylic acid groups (broad SMARTS) is 1. The number of carboxylic acids is 1. The van der Waals surface area contributed by atoms with Crippen LogP contribution in [0.15, 0.2) is 48.6 Å². The van der Waals surface area contributed by atoms with Crippen molar-refractivity contribution in [1.82, 2.24) is 0 Å². The molecule has 0 amide bonds. The Morgan fingerprint density at radius 1 is 1.22 bits per heavy atom. The van der Waals surface area contributed by atoms with E-state index in [0.29, 0.717) is 6.54 Å². The number of benzene rings is 2. The lowest BCUT2D eigenvalue weighted by Gasteiger charge is -2.05. The monoisotopic (exact) mass is 241 g/mol. The molecule has 3 nitrogen and oxygen atoms in total. The smallest absolute Gasteiger partial charge is 0.328 e. The average molecular weight is 241 g/mol. The Morgan fingerprint density at radius 2 is 1.94 bits per heavy atom. The molecule has 2 N–H and O–H groups in total. The molecule has 0 saturated carbocycles. The Bertz CT molecular complexity index is 602. The van der Waals surface area contributed by atoms with Crippen LogP contribution in [0.5, 0.6) is 0 Å². The Hall–Kier alpha value is -2.29. The highest BCUT2D eigenvalue weighted by Crippen LogP contribution is 2.20. The fourth-order valence-electron chi connectivity index (χ4n) is 1.81. The lowest BCUT2D eigenvalue weighted by molar-refractivity contribution is -0.131. The maximum Gasteiger partial charge on any atom is 0.328 e. The van der Waals surface area contributed by atoms with Crippen LogP contribution in [-0.4, -0.2) is 17.6 Å². The largest absolute Gasteiger partial charge is 0.478 e. The predicted molar refractivity (Wildman–Crippen MR) is 74.0 cm³/mol. The van der Waals surface area contributed by atoms with E-state index in [4.69, 9.17) is 5.11 Å². The van der Waals surface area contributed by atoms with Crippen LogP contribution in [0.3, 0.4) is 0 Å². The third-order valence-electron chi connectivity index (χ3n) is 2.68. The molecule has 0 atom stereocenters. The minimum absolute atomic E-state index is 0.504. The normalized spacial score (nSPS) is 10.9. The molecule has 0 aliphatic carbocycles. The van der Waals surface area contributed by atoms with Gasteiger partial charge in [0.15, 0.2) is 0 Å². The molecule has 2 aromatic carbocycles. The van der Waals surface area contributed by atoms with Gasteiger partial charge in [-0.25, -0.2) is 4.79 Å². The molecule has 0 bridgehead atoms. The molecule has 0 fully saturated rings. The summed E-state index contributed by atoms with van der Waals surface area (Å²) < 4.78 is 0. The zero-order valence-electron chi connectivity index (χ0n) is 10.2. The van der Waals surface area contributed by atoms with Gasteiger partial charge in [-0.1, -0.05) is 35.9 Å². The first-order valence-electron chi connectivity index (χ1n) is 5.79. The van der Waals surface area contributed by atoms with E-state index in [1.165, 1.54) is 16.3 Å². The fraction of sp³-hybridized carbons (Fsp3) is 0.133. The van der Waals surface area contributed by atoms with Gasteiger partial charge in [-0.15, -0.1) is 0 Å². The van der Waals surface area contributed by atoms with Crippen molar-refractivity contribution in [3.8, 4) is 0 Å². The molecule has 0 aromatic heterocycles. The summed E-state index contributed by atoms with van der Waals surface area (Å²) >= 11 is 0. The SMILES string of the molecule is Cc1ccc2cc(NC/C=C/C(=O)O)ccc2c1. The topological polar surface area (TPSA) is 49.3 Å². The molecule has 3 heteroatoms. The Balaban J connectivity index is 2.10. The summed E-state index contributed by atoms with van der Waals surface area (Å²) in [5.41, 5.74) is 2.23. The first-order valence-corrected chi connectivity index (χ1v) is 5.79. The summed E-state index contributed by atoms with van der Waals surface area (Å²) in [6.45, 7) is 2.58. The number of carbonyl (C=O) groups is 1. The first-order chi connectivity index (χ1) is 8.65. The predicted octanol–water partition coefficient (Wildman–Crippen LogP) is 3.20. The average Bonchev–Trinajstić information content (AvgIpc) is 2.34. The van der Waals surface area contributed by atoms with Gasteiger partial charge in [0, 0.05) is 18.3 Å². The van der Waals surface area contributed by atoms with E-state index in [1.54, 1.807) is 6.08 Å². The molecular weight excluding hydrogens is 226 g/mol. The second-order valence-electron chi connectivity index (χ2n) is 4.19. The van der Waals surface area contributed by atoms with Crippen LogP contribution < -0.4 is 5.32 Å². The third kappa shape index (κ3) is 3.10. The van der Waals surface area contributed by atoms with Crippen LogP contribution in [0.1, 0.15) is 5.56 Å². The molecule has 0 heterocycles. The van der Waals surface area contributed by atoms with E-state index < -0.39 is 5.97 Å². The molecule has 0 radical (unpaired) electrons. The molecule has 18 heavy (non-hydrogen) atoms. The van der Waals surface area contributed by atoms with Crippen molar-refractivity contribution < 1.29 is 9.90 Å². The van der Waals surface area contributed by atoms with Gasteiger partial charge in [-0.3, -0.25) is 0 Å². The second-order valence-corrected chi connectivity index (χ2v) is 4.19. The number of rotatable bonds is 4. The van der Waals surface area contributed by atoms with Gasteiger partial charge in [0.05, 0.1) is 0 Å². The van der Waals surface area contributed by atoms with Crippen molar-refractivity contribution in [3.05, 3.63) is 54.1 Å². The third-order valence-corrected chi connectivity index (χ3v) is 2.68. The number of nitrogens with one attached hydrogen (secondary N) is 1. The number of anilines is 1. The van der Waals surface area contributed by atoms with Crippen molar-refractivity contribution in [2.24, 2.45) is 0 Å². The van der Waals surface area contributed by atoms with E-state index >= 15 is 0 Å². The molecule has 0 aliphatic heterocycles. The Morgan fingerprint density at radius 3 is 2.72 bits per heavy atom. The molecule has 0 saturated heterocycles. The maximum atomic E-state index is 10.3. The van der Waals surface area contributed by atoms with Gasteiger partial charge in [0.2, 0.25) is 0 Å². The number of aryl methyl sites for hydroxylation is 1. The highest BCUT2D eigenvalue weighted by atomic mass is 16.4. The van der Waals surface area contributed by atoms with Crippen LogP contribution in [0.4, 0.5) is 5.69 Å². The quantitative estimate of drug-likeness (QED) is 0.808.